The van der Waals surface area contributed by atoms with E-state index < -0.39 is 0 Å². The Labute approximate surface area is 105 Å². The minimum atomic E-state index is -0.169. The van der Waals surface area contributed by atoms with Crippen molar-refractivity contribution < 1.29 is 4.79 Å². The third-order valence-corrected chi connectivity index (χ3v) is 4.96. The Hall–Kier alpha value is -0.570. The Kier molecular flexibility index (Phi) is 3.76. The Morgan fingerprint density at radius 3 is 2.47 bits per heavy atom. The Morgan fingerprint density at radius 2 is 2.06 bits per heavy atom. The van der Waals surface area contributed by atoms with Gasteiger partial charge in [-0.3, -0.25) is 4.79 Å². The van der Waals surface area contributed by atoms with E-state index in [9.17, 15) is 4.79 Å². The zero-order chi connectivity index (χ0) is 12.5. The second kappa shape index (κ2) is 4.97. The first-order valence-electron chi connectivity index (χ1n) is 7.08. The van der Waals surface area contributed by atoms with Gasteiger partial charge < -0.3 is 10.6 Å². The number of carbonyl (C=O) groups is 1. The zero-order valence-corrected chi connectivity index (χ0v) is 11.4. The summed E-state index contributed by atoms with van der Waals surface area (Å²) in [5, 5.41) is 6.61. The van der Waals surface area contributed by atoms with Gasteiger partial charge in [0.05, 0.1) is 5.41 Å². The number of hydrogen-bond acceptors (Lipinski definition) is 2. The van der Waals surface area contributed by atoms with Crippen LogP contribution in [-0.4, -0.2) is 25.0 Å². The summed E-state index contributed by atoms with van der Waals surface area (Å²) < 4.78 is 0. The van der Waals surface area contributed by atoms with Crippen molar-refractivity contribution in [2.75, 3.05) is 13.1 Å². The SMILES string of the molecule is CC(NC(=O)C1(C(C)C)CCNC1)C1CCC1. The molecule has 1 heterocycles. The molecule has 1 saturated heterocycles. The van der Waals surface area contributed by atoms with Crippen LogP contribution in [0.25, 0.3) is 0 Å². The molecule has 1 aliphatic heterocycles. The molecular formula is C14H26N2O. The summed E-state index contributed by atoms with van der Waals surface area (Å²) in [5.41, 5.74) is -0.169. The summed E-state index contributed by atoms with van der Waals surface area (Å²) >= 11 is 0. The van der Waals surface area contributed by atoms with Crippen LogP contribution in [0.4, 0.5) is 0 Å². The van der Waals surface area contributed by atoms with E-state index in [0.717, 1.165) is 25.4 Å². The van der Waals surface area contributed by atoms with E-state index in [4.69, 9.17) is 0 Å². The molecule has 0 aromatic carbocycles. The molecule has 1 saturated carbocycles. The zero-order valence-electron chi connectivity index (χ0n) is 11.4. The molecule has 3 heteroatoms. The molecule has 2 atom stereocenters. The fraction of sp³-hybridized carbons (Fsp3) is 0.929. The van der Waals surface area contributed by atoms with E-state index >= 15 is 0 Å². The predicted octanol–water partition coefficient (Wildman–Crippen LogP) is 1.93. The summed E-state index contributed by atoms with van der Waals surface area (Å²) in [6, 6.07) is 0.354. The van der Waals surface area contributed by atoms with Crippen LogP contribution in [0.2, 0.25) is 0 Å². The predicted molar refractivity (Wildman–Crippen MR) is 69.7 cm³/mol. The number of hydrogen-bond donors (Lipinski definition) is 2. The van der Waals surface area contributed by atoms with Gasteiger partial charge in [-0.05, 0) is 44.6 Å². The molecule has 2 N–H and O–H groups in total. The number of carbonyl (C=O) groups excluding carboxylic acids is 1. The molecule has 3 nitrogen and oxygen atoms in total. The highest BCUT2D eigenvalue weighted by molar-refractivity contribution is 5.83. The molecule has 1 amide bonds. The van der Waals surface area contributed by atoms with Crippen molar-refractivity contribution in [2.24, 2.45) is 17.3 Å². The van der Waals surface area contributed by atoms with Gasteiger partial charge in [0.15, 0.2) is 0 Å². The summed E-state index contributed by atoms with van der Waals surface area (Å²) in [4.78, 5) is 12.5. The summed E-state index contributed by atoms with van der Waals surface area (Å²) in [6.07, 6.45) is 4.89. The van der Waals surface area contributed by atoms with Crippen LogP contribution in [0.1, 0.15) is 46.5 Å². The van der Waals surface area contributed by atoms with Gasteiger partial charge in [-0.25, -0.2) is 0 Å². The van der Waals surface area contributed by atoms with Crippen LogP contribution >= 0.6 is 0 Å². The Bertz CT molecular complexity index is 278. The average Bonchev–Trinajstić information content (AvgIpc) is 2.63. The van der Waals surface area contributed by atoms with Gasteiger partial charge in [0.2, 0.25) is 5.91 Å². The lowest BCUT2D eigenvalue weighted by Crippen LogP contribution is -2.51. The van der Waals surface area contributed by atoms with Crippen molar-refractivity contribution in [2.45, 2.75) is 52.5 Å². The highest BCUT2D eigenvalue weighted by atomic mass is 16.2. The molecular weight excluding hydrogens is 212 g/mol. The molecule has 0 spiro atoms. The highest BCUT2D eigenvalue weighted by Gasteiger charge is 2.44. The number of nitrogens with one attached hydrogen (secondary N) is 2. The number of rotatable bonds is 4. The van der Waals surface area contributed by atoms with Crippen molar-refractivity contribution in [1.82, 2.24) is 10.6 Å². The van der Waals surface area contributed by atoms with E-state index in [-0.39, 0.29) is 11.3 Å². The van der Waals surface area contributed by atoms with E-state index in [1.54, 1.807) is 0 Å². The lowest BCUT2D eigenvalue weighted by Gasteiger charge is -2.37. The molecule has 2 aliphatic rings. The van der Waals surface area contributed by atoms with Gasteiger partial charge in [0.1, 0.15) is 0 Å². The molecule has 2 fully saturated rings. The van der Waals surface area contributed by atoms with E-state index in [1.807, 2.05) is 0 Å². The average molecular weight is 238 g/mol. The molecule has 0 aromatic heterocycles. The lowest BCUT2D eigenvalue weighted by molar-refractivity contribution is -0.133. The summed E-state index contributed by atoms with van der Waals surface area (Å²) in [7, 11) is 0. The van der Waals surface area contributed by atoms with Gasteiger partial charge in [0, 0.05) is 12.6 Å². The van der Waals surface area contributed by atoms with Gasteiger partial charge in [0.25, 0.3) is 0 Å². The highest BCUT2D eigenvalue weighted by Crippen LogP contribution is 2.35. The first-order valence-corrected chi connectivity index (χ1v) is 7.08. The Morgan fingerprint density at radius 1 is 1.35 bits per heavy atom. The van der Waals surface area contributed by atoms with Crippen LogP contribution in [0.3, 0.4) is 0 Å². The maximum atomic E-state index is 12.5. The van der Waals surface area contributed by atoms with Crippen molar-refractivity contribution in [3.63, 3.8) is 0 Å². The quantitative estimate of drug-likeness (QED) is 0.786. The smallest absolute Gasteiger partial charge is 0.228 e. The molecule has 0 bridgehead atoms. The molecule has 0 radical (unpaired) electrons. The maximum absolute atomic E-state index is 12.5. The van der Waals surface area contributed by atoms with Crippen LogP contribution < -0.4 is 10.6 Å². The minimum absolute atomic E-state index is 0.169. The first kappa shape index (κ1) is 12.9. The maximum Gasteiger partial charge on any atom is 0.228 e. The van der Waals surface area contributed by atoms with Gasteiger partial charge in [-0.2, -0.15) is 0 Å². The third-order valence-electron chi connectivity index (χ3n) is 4.96. The van der Waals surface area contributed by atoms with Crippen molar-refractivity contribution in [1.29, 1.82) is 0 Å². The molecule has 2 unspecified atom stereocenters. The molecule has 98 valence electrons. The van der Waals surface area contributed by atoms with Crippen LogP contribution in [0.5, 0.6) is 0 Å². The summed E-state index contributed by atoms with van der Waals surface area (Å²) in [6.45, 7) is 8.32. The van der Waals surface area contributed by atoms with Gasteiger partial charge in [-0.15, -0.1) is 0 Å². The lowest BCUT2D eigenvalue weighted by atomic mass is 9.74. The first-order chi connectivity index (χ1) is 8.06. The van der Waals surface area contributed by atoms with E-state index in [2.05, 4.69) is 31.4 Å². The normalized spacial score (nSPS) is 31.3. The summed E-state index contributed by atoms with van der Waals surface area (Å²) in [5.74, 6) is 1.40. The second-order valence-electron chi connectivity index (χ2n) is 6.19. The van der Waals surface area contributed by atoms with Crippen molar-refractivity contribution in [3.05, 3.63) is 0 Å². The van der Waals surface area contributed by atoms with E-state index in [0.29, 0.717) is 12.0 Å². The van der Waals surface area contributed by atoms with Crippen molar-refractivity contribution >= 4 is 5.91 Å². The molecule has 0 aromatic rings. The monoisotopic (exact) mass is 238 g/mol. The molecule has 1 aliphatic carbocycles. The van der Waals surface area contributed by atoms with E-state index in [1.165, 1.54) is 19.3 Å². The third kappa shape index (κ3) is 2.35. The van der Waals surface area contributed by atoms with Crippen LogP contribution in [-0.2, 0) is 4.79 Å². The van der Waals surface area contributed by atoms with Crippen LogP contribution in [0, 0.1) is 17.3 Å². The largest absolute Gasteiger partial charge is 0.353 e. The number of amides is 1. The fourth-order valence-corrected chi connectivity index (χ4v) is 3.07. The fourth-order valence-electron chi connectivity index (χ4n) is 3.07. The van der Waals surface area contributed by atoms with Gasteiger partial charge in [-0.1, -0.05) is 20.3 Å². The molecule has 17 heavy (non-hydrogen) atoms. The molecule has 2 rings (SSSR count). The van der Waals surface area contributed by atoms with Crippen LogP contribution in [0.15, 0.2) is 0 Å². The second-order valence-corrected chi connectivity index (χ2v) is 6.19. The standard InChI is InChI=1S/C14H26N2O/c1-10(2)14(7-8-15-9-14)13(17)16-11(3)12-5-4-6-12/h10-12,15H,4-9H2,1-3H3,(H,16,17). The Balaban J connectivity index is 1.96. The van der Waals surface area contributed by atoms with Gasteiger partial charge >= 0.3 is 0 Å². The topological polar surface area (TPSA) is 41.1 Å². The van der Waals surface area contributed by atoms with Crippen molar-refractivity contribution in [3.8, 4) is 0 Å². The minimum Gasteiger partial charge on any atom is -0.353 e.